The van der Waals surface area contributed by atoms with Crippen molar-refractivity contribution in [3.8, 4) is 0 Å². The average molecular weight is 432 g/mol. The Bertz CT molecular complexity index is 856. The van der Waals surface area contributed by atoms with Gasteiger partial charge in [0.05, 0.1) is 17.0 Å². The first-order valence-corrected chi connectivity index (χ1v) is 7.90. The molecule has 0 saturated heterocycles. The van der Waals surface area contributed by atoms with E-state index in [-0.39, 0.29) is 6.04 Å². The maximum Gasteiger partial charge on any atom is 0.416 e. The van der Waals surface area contributed by atoms with Crippen LogP contribution in [0.15, 0.2) is 30.5 Å². The Morgan fingerprint density at radius 2 is 1.83 bits per heavy atom. The van der Waals surface area contributed by atoms with Crippen LogP contribution >= 0.6 is 22.6 Å². The summed E-state index contributed by atoms with van der Waals surface area (Å²) in [6.45, 7) is 3.66. The second-order valence-electron chi connectivity index (χ2n) is 5.19. The van der Waals surface area contributed by atoms with E-state index >= 15 is 0 Å². The lowest BCUT2D eigenvalue weighted by Gasteiger charge is -2.15. The third-order valence-electron chi connectivity index (χ3n) is 3.61. The molecular formula is C15H12F3IN4. The van der Waals surface area contributed by atoms with Crippen LogP contribution in [0.4, 0.5) is 13.2 Å². The standard InChI is InChI=1S/C15H12F3IN4/c1-8(10-3-5-11(6-4-10)15(16,17)18)23-14-12(13(19)22-23)7-20-9(2)21-14/h3-8H,1-2H3. The number of nitrogens with zero attached hydrogens (tertiary/aromatic N) is 4. The van der Waals surface area contributed by atoms with Crippen LogP contribution in [0.5, 0.6) is 0 Å². The number of benzene rings is 1. The fraction of sp³-hybridized carbons (Fsp3) is 0.267. The van der Waals surface area contributed by atoms with Crippen molar-refractivity contribution in [3.05, 3.63) is 51.1 Å². The Labute approximate surface area is 143 Å². The van der Waals surface area contributed by atoms with Gasteiger partial charge in [-0.1, -0.05) is 12.1 Å². The van der Waals surface area contributed by atoms with E-state index in [0.717, 1.165) is 26.8 Å². The van der Waals surface area contributed by atoms with Gasteiger partial charge >= 0.3 is 6.18 Å². The highest BCUT2D eigenvalue weighted by atomic mass is 127. The van der Waals surface area contributed by atoms with Crippen LogP contribution in [0.25, 0.3) is 11.0 Å². The first-order chi connectivity index (χ1) is 10.8. The lowest BCUT2D eigenvalue weighted by molar-refractivity contribution is -0.137. The summed E-state index contributed by atoms with van der Waals surface area (Å²) in [5.74, 6) is 0.620. The molecule has 0 amide bonds. The number of alkyl halides is 3. The molecule has 3 aromatic rings. The Morgan fingerprint density at radius 3 is 2.43 bits per heavy atom. The van der Waals surface area contributed by atoms with Gasteiger partial charge in [-0.25, -0.2) is 14.6 Å². The molecule has 2 heterocycles. The number of rotatable bonds is 2. The van der Waals surface area contributed by atoms with Gasteiger partial charge < -0.3 is 0 Å². The SMILES string of the molecule is Cc1ncc2c(I)nn(C(C)c3ccc(C(F)(F)F)cc3)c2n1. The van der Waals surface area contributed by atoms with Crippen molar-refractivity contribution in [2.45, 2.75) is 26.1 Å². The van der Waals surface area contributed by atoms with Gasteiger partial charge in [-0.2, -0.15) is 18.3 Å². The third kappa shape index (κ3) is 3.04. The predicted molar refractivity (Wildman–Crippen MR) is 88.0 cm³/mol. The molecule has 1 atom stereocenters. The summed E-state index contributed by atoms with van der Waals surface area (Å²) in [6, 6.07) is 4.88. The smallest absolute Gasteiger partial charge is 0.241 e. The molecule has 120 valence electrons. The number of hydrogen-bond donors (Lipinski definition) is 0. The van der Waals surface area contributed by atoms with Crippen LogP contribution in [-0.2, 0) is 6.18 Å². The van der Waals surface area contributed by atoms with E-state index in [1.54, 1.807) is 17.8 Å². The van der Waals surface area contributed by atoms with E-state index in [1.807, 2.05) is 6.92 Å². The van der Waals surface area contributed by atoms with Gasteiger partial charge in [-0.3, -0.25) is 0 Å². The molecule has 2 aromatic heterocycles. The van der Waals surface area contributed by atoms with Gasteiger partial charge in [-0.15, -0.1) is 0 Å². The maximum atomic E-state index is 12.7. The van der Waals surface area contributed by atoms with Gasteiger partial charge in [0.1, 0.15) is 9.53 Å². The molecule has 1 unspecified atom stereocenters. The summed E-state index contributed by atoms with van der Waals surface area (Å²) in [5.41, 5.74) is 0.746. The normalized spacial score (nSPS) is 13.5. The Morgan fingerprint density at radius 1 is 1.17 bits per heavy atom. The van der Waals surface area contributed by atoms with Crippen LogP contribution in [0.1, 0.15) is 29.9 Å². The maximum absolute atomic E-state index is 12.7. The van der Waals surface area contributed by atoms with Gasteiger partial charge in [-0.05, 0) is 54.1 Å². The van der Waals surface area contributed by atoms with E-state index < -0.39 is 11.7 Å². The summed E-state index contributed by atoms with van der Waals surface area (Å²) < 4.78 is 40.5. The van der Waals surface area contributed by atoms with E-state index in [9.17, 15) is 13.2 Å². The summed E-state index contributed by atoms with van der Waals surface area (Å²) in [4.78, 5) is 8.56. The number of fused-ring (bicyclic) bond motifs is 1. The fourth-order valence-electron chi connectivity index (χ4n) is 2.34. The molecule has 0 radical (unpaired) electrons. The van der Waals surface area contributed by atoms with E-state index in [4.69, 9.17) is 0 Å². The summed E-state index contributed by atoms with van der Waals surface area (Å²) >= 11 is 2.10. The number of halogens is 4. The molecule has 0 aliphatic heterocycles. The molecule has 0 aliphatic rings. The van der Waals surface area contributed by atoms with Gasteiger partial charge in [0.2, 0.25) is 0 Å². The van der Waals surface area contributed by atoms with Crippen LogP contribution < -0.4 is 0 Å². The molecule has 0 aliphatic carbocycles. The van der Waals surface area contributed by atoms with E-state index in [1.165, 1.54) is 12.1 Å². The third-order valence-corrected chi connectivity index (χ3v) is 4.41. The zero-order valence-electron chi connectivity index (χ0n) is 12.3. The van der Waals surface area contributed by atoms with E-state index in [0.29, 0.717) is 11.5 Å². The molecule has 0 saturated carbocycles. The summed E-state index contributed by atoms with van der Waals surface area (Å²) in [6.07, 6.45) is -2.62. The largest absolute Gasteiger partial charge is 0.416 e. The number of aromatic nitrogens is 4. The minimum atomic E-state index is -4.33. The predicted octanol–water partition coefficient (Wildman–Crippen LogP) is 4.37. The van der Waals surface area contributed by atoms with Crippen LogP contribution in [0.3, 0.4) is 0 Å². The highest BCUT2D eigenvalue weighted by molar-refractivity contribution is 14.1. The van der Waals surface area contributed by atoms with Crippen LogP contribution in [0.2, 0.25) is 0 Å². The first kappa shape index (κ1) is 16.2. The van der Waals surface area contributed by atoms with Crippen molar-refractivity contribution < 1.29 is 13.2 Å². The van der Waals surface area contributed by atoms with Crippen molar-refractivity contribution in [1.82, 2.24) is 19.7 Å². The second kappa shape index (κ2) is 5.73. The minimum absolute atomic E-state index is 0.238. The van der Waals surface area contributed by atoms with Gasteiger partial charge in [0.15, 0.2) is 5.65 Å². The highest BCUT2D eigenvalue weighted by Crippen LogP contribution is 2.31. The topological polar surface area (TPSA) is 43.6 Å². The highest BCUT2D eigenvalue weighted by Gasteiger charge is 2.30. The summed E-state index contributed by atoms with van der Waals surface area (Å²) in [5, 5.41) is 5.29. The van der Waals surface area contributed by atoms with Crippen molar-refractivity contribution in [3.63, 3.8) is 0 Å². The lowest BCUT2D eigenvalue weighted by Crippen LogP contribution is -2.11. The average Bonchev–Trinajstić information content (AvgIpc) is 2.82. The number of hydrogen-bond acceptors (Lipinski definition) is 3. The van der Waals surface area contributed by atoms with Crippen molar-refractivity contribution in [2.75, 3.05) is 0 Å². The molecule has 4 nitrogen and oxygen atoms in total. The Kier molecular flexibility index (Phi) is 4.03. The second-order valence-corrected chi connectivity index (χ2v) is 6.21. The Balaban J connectivity index is 2.03. The molecule has 0 bridgehead atoms. The monoisotopic (exact) mass is 432 g/mol. The molecule has 0 fully saturated rings. The first-order valence-electron chi connectivity index (χ1n) is 6.82. The van der Waals surface area contributed by atoms with Crippen molar-refractivity contribution in [2.24, 2.45) is 0 Å². The van der Waals surface area contributed by atoms with Crippen LogP contribution in [0, 0.1) is 10.6 Å². The quantitative estimate of drug-likeness (QED) is 0.566. The molecule has 8 heteroatoms. The molecule has 23 heavy (non-hydrogen) atoms. The molecule has 1 aromatic carbocycles. The molecule has 3 rings (SSSR count). The fourth-order valence-corrected chi connectivity index (χ4v) is 2.95. The zero-order valence-corrected chi connectivity index (χ0v) is 14.4. The van der Waals surface area contributed by atoms with Gasteiger partial charge in [0.25, 0.3) is 0 Å². The Hall–Kier alpha value is -1.71. The number of aryl methyl sites for hydroxylation is 1. The van der Waals surface area contributed by atoms with Crippen molar-refractivity contribution in [1.29, 1.82) is 0 Å². The summed E-state index contributed by atoms with van der Waals surface area (Å²) in [7, 11) is 0. The van der Waals surface area contributed by atoms with Crippen molar-refractivity contribution >= 4 is 33.6 Å². The molecule has 0 N–H and O–H groups in total. The van der Waals surface area contributed by atoms with Crippen LogP contribution in [-0.4, -0.2) is 19.7 Å². The molecule has 0 spiro atoms. The lowest BCUT2D eigenvalue weighted by atomic mass is 10.1. The van der Waals surface area contributed by atoms with E-state index in [2.05, 4.69) is 37.7 Å². The molecular weight excluding hydrogens is 420 g/mol. The minimum Gasteiger partial charge on any atom is -0.241 e. The zero-order chi connectivity index (χ0) is 16.8. The van der Waals surface area contributed by atoms with Gasteiger partial charge in [0, 0.05) is 6.20 Å².